The molecule has 3 heteroatoms. The van der Waals surface area contributed by atoms with Gasteiger partial charge in [-0.1, -0.05) is 6.07 Å². The van der Waals surface area contributed by atoms with Gasteiger partial charge in [-0.3, -0.25) is 4.90 Å². The molecule has 0 aromatic heterocycles. The van der Waals surface area contributed by atoms with Crippen molar-refractivity contribution in [2.24, 2.45) is 5.92 Å². The monoisotopic (exact) mass is 302 g/mol. The number of likely N-dealkylation sites (tertiary alicyclic amines) is 1. The SMILES string of the molecule is CNC1C(c2cc(OC)ccc2C)CCN(CC2CC2)C1C. The Hall–Kier alpha value is -1.06. The third kappa shape index (κ3) is 3.16. The number of benzene rings is 1. The number of nitrogens with zero attached hydrogens (tertiary/aromatic N) is 1. The molecule has 0 bridgehead atoms. The van der Waals surface area contributed by atoms with Crippen molar-refractivity contribution in [1.29, 1.82) is 0 Å². The second-order valence-corrected chi connectivity index (χ2v) is 7.11. The van der Waals surface area contributed by atoms with Crippen molar-refractivity contribution in [2.75, 3.05) is 27.2 Å². The van der Waals surface area contributed by atoms with Gasteiger partial charge in [-0.05, 0) is 75.9 Å². The molecule has 2 aliphatic rings. The van der Waals surface area contributed by atoms with Gasteiger partial charge in [0.25, 0.3) is 0 Å². The van der Waals surface area contributed by atoms with Crippen LogP contribution in [0.5, 0.6) is 5.75 Å². The quantitative estimate of drug-likeness (QED) is 0.904. The third-order valence-corrected chi connectivity index (χ3v) is 5.67. The Kier molecular flexibility index (Phi) is 4.74. The first kappa shape index (κ1) is 15.8. The normalized spacial score (nSPS) is 29.5. The minimum atomic E-state index is 0.512. The topological polar surface area (TPSA) is 24.5 Å². The molecule has 0 amide bonds. The Morgan fingerprint density at radius 2 is 2.05 bits per heavy atom. The van der Waals surface area contributed by atoms with Gasteiger partial charge in [0, 0.05) is 24.5 Å². The molecule has 0 radical (unpaired) electrons. The molecular weight excluding hydrogens is 272 g/mol. The number of aryl methyl sites for hydroxylation is 1. The molecule has 1 aliphatic heterocycles. The standard InChI is InChI=1S/C19H30N2O/c1-13-5-8-16(22-4)11-18(13)17-9-10-21(12-15-6-7-15)14(2)19(17)20-3/h5,8,11,14-15,17,19-20H,6-7,9-10,12H2,1-4H3. The Morgan fingerprint density at radius 1 is 1.27 bits per heavy atom. The zero-order valence-electron chi connectivity index (χ0n) is 14.4. The summed E-state index contributed by atoms with van der Waals surface area (Å²) in [4.78, 5) is 2.70. The Morgan fingerprint density at radius 3 is 2.68 bits per heavy atom. The summed E-state index contributed by atoms with van der Waals surface area (Å²) in [6.45, 7) is 7.13. The average Bonchev–Trinajstić information content (AvgIpc) is 3.34. The van der Waals surface area contributed by atoms with Crippen LogP contribution in [0.1, 0.15) is 43.2 Å². The molecule has 1 aromatic rings. The number of rotatable bonds is 5. The lowest BCUT2D eigenvalue weighted by atomic mass is 9.79. The number of hydrogen-bond donors (Lipinski definition) is 1. The minimum Gasteiger partial charge on any atom is -0.497 e. The number of likely N-dealkylation sites (N-methyl/N-ethyl adjacent to an activating group) is 1. The van der Waals surface area contributed by atoms with Gasteiger partial charge in [0.15, 0.2) is 0 Å². The maximum atomic E-state index is 5.45. The molecule has 0 spiro atoms. The highest BCUT2D eigenvalue weighted by Crippen LogP contribution is 2.37. The van der Waals surface area contributed by atoms with Crippen molar-refractivity contribution in [3.63, 3.8) is 0 Å². The summed E-state index contributed by atoms with van der Waals surface area (Å²) in [5.41, 5.74) is 2.84. The van der Waals surface area contributed by atoms with E-state index in [9.17, 15) is 0 Å². The fraction of sp³-hybridized carbons (Fsp3) is 0.684. The van der Waals surface area contributed by atoms with E-state index in [4.69, 9.17) is 4.74 Å². The Balaban J connectivity index is 1.81. The molecule has 3 unspecified atom stereocenters. The molecule has 22 heavy (non-hydrogen) atoms. The van der Waals surface area contributed by atoms with Crippen molar-refractivity contribution in [3.8, 4) is 5.75 Å². The maximum Gasteiger partial charge on any atom is 0.119 e. The molecule has 1 aliphatic carbocycles. The highest BCUT2D eigenvalue weighted by molar-refractivity contribution is 5.38. The second-order valence-electron chi connectivity index (χ2n) is 7.11. The molecule has 3 rings (SSSR count). The molecule has 1 aromatic carbocycles. The molecule has 122 valence electrons. The highest BCUT2D eigenvalue weighted by Gasteiger charge is 2.38. The molecular formula is C19H30N2O. The fourth-order valence-electron chi connectivity index (χ4n) is 4.08. The van der Waals surface area contributed by atoms with Crippen LogP contribution in [0.25, 0.3) is 0 Å². The largest absolute Gasteiger partial charge is 0.497 e. The molecule has 2 fully saturated rings. The van der Waals surface area contributed by atoms with Crippen LogP contribution < -0.4 is 10.1 Å². The fourth-order valence-corrected chi connectivity index (χ4v) is 4.08. The number of nitrogens with one attached hydrogen (secondary N) is 1. The number of ether oxygens (including phenoxy) is 1. The van der Waals surface area contributed by atoms with Gasteiger partial charge in [0.2, 0.25) is 0 Å². The lowest BCUT2D eigenvalue weighted by molar-refractivity contribution is 0.106. The molecule has 3 nitrogen and oxygen atoms in total. The molecule has 1 saturated heterocycles. The smallest absolute Gasteiger partial charge is 0.119 e. The number of piperidine rings is 1. The van der Waals surface area contributed by atoms with E-state index < -0.39 is 0 Å². The zero-order valence-corrected chi connectivity index (χ0v) is 14.4. The van der Waals surface area contributed by atoms with E-state index in [-0.39, 0.29) is 0 Å². The average molecular weight is 302 g/mol. The summed E-state index contributed by atoms with van der Waals surface area (Å²) in [7, 11) is 3.87. The second kappa shape index (κ2) is 6.59. The summed E-state index contributed by atoms with van der Waals surface area (Å²) in [6, 6.07) is 7.61. The molecule has 1 heterocycles. The summed E-state index contributed by atoms with van der Waals surface area (Å²) in [5.74, 6) is 2.52. The van der Waals surface area contributed by atoms with E-state index in [1.54, 1.807) is 7.11 Å². The van der Waals surface area contributed by atoms with Crippen molar-refractivity contribution in [1.82, 2.24) is 10.2 Å². The van der Waals surface area contributed by atoms with Crippen LogP contribution in [0.4, 0.5) is 0 Å². The van der Waals surface area contributed by atoms with Crippen LogP contribution in [0, 0.1) is 12.8 Å². The van der Waals surface area contributed by atoms with E-state index in [0.717, 1.165) is 11.7 Å². The summed E-state index contributed by atoms with van der Waals surface area (Å²) in [6.07, 6.45) is 4.11. The van der Waals surface area contributed by atoms with Gasteiger partial charge in [-0.2, -0.15) is 0 Å². The van der Waals surface area contributed by atoms with Crippen LogP contribution in [0.2, 0.25) is 0 Å². The molecule has 1 saturated carbocycles. The third-order valence-electron chi connectivity index (χ3n) is 5.67. The zero-order chi connectivity index (χ0) is 15.7. The first-order chi connectivity index (χ1) is 10.6. The van der Waals surface area contributed by atoms with Crippen LogP contribution in [-0.4, -0.2) is 44.2 Å². The van der Waals surface area contributed by atoms with E-state index in [2.05, 4.69) is 49.3 Å². The van der Waals surface area contributed by atoms with Gasteiger partial charge in [-0.25, -0.2) is 0 Å². The highest BCUT2D eigenvalue weighted by atomic mass is 16.5. The first-order valence-electron chi connectivity index (χ1n) is 8.70. The number of hydrogen-bond acceptors (Lipinski definition) is 3. The maximum absolute atomic E-state index is 5.45. The summed E-state index contributed by atoms with van der Waals surface area (Å²) >= 11 is 0. The minimum absolute atomic E-state index is 0.512. The molecule has 1 N–H and O–H groups in total. The summed E-state index contributed by atoms with van der Waals surface area (Å²) in [5, 5.41) is 3.61. The van der Waals surface area contributed by atoms with Crippen LogP contribution in [-0.2, 0) is 0 Å². The molecule has 3 atom stereocenters. The lowest BCUT2D eigenvalue weighted by Crippen LogP contribution is -2.55. The Bertz CT molecular complexity index is 512. The van der Waals surface area contributed by atoms with Gasteiger partial charge in [-0.15, -0.1) is 0 Å². The van der Waals surface area contributed by atoms with E-state index >= 15 is 0 Å². The van der Waals surface area contributed by atoms with E-state index in [0.29, 0.717) is 18.0 Å². The Labute approximate surface area is 135 Å². The van der Waals surface area contributed by atoms with Crippen LogP contribution >= 0.6 is 0 Å². The van der Waals surface area contributed by atoms with E-state index in [1.165, 1.54) is 43.5 Å². The first-order valence-corrected chi connectivity index (χ1v) is 8.70. The number of methoxy groups -OCH3 is 1. The van der Waals surface area contributed by atoms with E-state index in [1.807, 2.05) is 0 Å². The van der Waals surface area contributed by atoms with Gasteiger partial charge in [0.05, 0.1) is 7.11 Å². The predicted octanol–water partition coefficient (Wildman–Crippen LogP) is 3.18. The lowest BCUT2D eigenvalue weighted by Gasteiger charge is -2.45. The van der Waals surface area contributed by atoms with Crippen molar-refractivity contribution < 1.29 is 4.74 Å². The van der Waals surface area contributed by atoms with Crippen molar-refractivity contribution in [3.05, 3.63) is 29.3 Å². The summed E-state index contributed by atoms with van der Waals surface area (Å²) < 4.78 is 5.45. The predicted molar refractivity (Wildman–Crippen MR) is 91.7 cm³/mol. The van der Waals surface area contributed by atoms with Crippen molar-refractivity contribution in [2.45, 2.75) is 51.1 Å². The van der Waals surface area contributed by atoms with Crippen LogP contribution in [0.3, 0.4) is 0 Å². The van der Waals surface area contributed by atoms with Gasteiger partial charge in [0.1, 0.15) is 5.75 Å². The van der Waals surface area contributed by atoms with Gasteiger partial charge >= 0.3 is 0 Å². The van der Waals surface area contributed by atoms with Gasteiger partial charge < -0.3 is 10.1 Å². The van der Waals surface area contributed by atoms with Crippen molar-refractivity contribution >= 4 is 0 Å². The van der Waals surface area contributed by atoms with Crippen LogP contribution in [0.15, 0.2) is 18.2 Å².